The van der Waals surface area contributed by atoms with Gasteiger partial charge in [-0.2, -0.15) is 13.2 Å². The van der Waals surface area contributed by atoms with Gasteiger partial charge in [-0.15, -0.1) is 0 Å². The molecule has 5 rings (SSSR count). The summed E-state index contributed by atoms with van der Waals surface area (Å²) in [6.07, 6.45) is -2.68. The van der Waals surface area contributed by atoms with Gasteiger partial charge in [0.2, 0.25) is 0 Å². The number of aromatic nitrogens is 3. The van der Waals surface area contributed by atoms with Gasteiger partial charge < -0.3 is 23.7 Å². The monoisotopic (exact) mass is 784 g/mol. The van der Waals surface area contributed by atoms with E-state index in [2.05, 4.69) is 45.3 Å². The highest BCUT2D eigenvalue weighted by atomic mass is 28.3. The molecule has 1 fully saturated rings. The molecule has 1 aliphatic heterocycles. The Hall–Kier alpha value is -3.73. The van der Waals surface area contributed by atoms with E-state index in [1.807, 2.05) is 37.5 Å². The van der Waals surface area contributed by atoms with Gasteiger partial charge in [-0.05, 0) is 69.1 Å². The number of carbonyl (C=O) groups excluding carboxylic acids is 2. The minimum Gasteiger partial charge on any atom is -0.444 e. The van der Waals surface area contributed by atoms with Gasteiger partial charge in [-0.3, -0.25) is 9.36 Å². The lowest BCUT2D eigenvalue weighted by Gasteiger charge is -2.24. The van der Waals surface area contributed by atoms with Crippen LogP contribution in [0.5, 0.6) is 0 Å². The Balaban J connectivity index is 1.56. The van der Waals surface area contributed by atoms with Crippen molar-refractivity contribution in [3.63, 3.8) is 0 Å². The van der Waals surface area contributed by atoms with Crippen molar-refractivity contribution in [1.82, 2.24) is 19.0 Å². The number of rotatable bonds is 14. The Morgan fingerprint density at radius 2 is 1.54 bits per heavy atom. The van der Waals surface area contributed by atoms with Crippen molar-refractivity contribution in [3.8, 4) is 11.5 Å². The van der Waals surface area contributed by atoms with Crippen LogP contribution in [0.25, 0.3) is 22.6 Å². The van der Waals surface area contributed by atoms with Crippen LogP contribution in [0.2, 0.25) is 51.4 Å². The van der Waals surface area contributed by atoms with E-state index in [9.17, 15) is 22.8 Å². The van der Waals surface area contributed by atoms with Gasteiger partial charge in [0, 0.05) is 65.7 Å². The second-order valence-electron chi connectivity index (χ2n) is 17.7. The quantitative estimate of drug-likeness (QED) is 0.0719. The number of carbonyl (C=O) groups is 2. The predicted octanol–water partition coefficient (Wildman–Crippen LogP) is 10.1. The van der Waals surface area contributed by atoms with E-state index in [1.54, 1.807) is 21.7 Å². The first-order valence-corrected chi connectivity index (χ1v) is 26.1. The van der Waals surface area contributed by atoms with Gasteiger partial charge in [0.1, 0.15) is 19.1 Å². The average molecular weight is 785 g/mol. The highest BCUT2D eigenvalue weighted by molar-refractivity contribution is 6.76. The van der Waals surface area contributed by atoms with Crippen molar-refractivity contribution >= 4 is 39.1 Å². The third-order valence-corrected chi connectivity index (χ3v) is 12.8. The van der Waals surface area contributed by atoms with Crippen LogP contribution in [0.4, 0.5) is 18.0 Å². The van der Waals surface area contributed by atoms with E-state index in [0.717, 1.165) is 35.7 Å². The van der Waals surface area contributed by atoms with Gasteiger partial charge in [0.05, 0.1) is 22.3 Å². The highest BCUT2D eigenvalue weighted by Gasteiger charge is 2.36. The number of alkyl halides is 3. The number of fused-ring (bicyclic) bond motifs is 1. The van der Waals surface area contributed by atoms with Crippen LogP contribution in [0.15, 0.2) is 54.7 Å². The van der Waals surface area contributed by atoms with Gasteiger partial charge in [0.15, 0.2) is 11.6 Å². The van der Waals surface area contributed by atoms with E-state index >= 15 is 0 Å². The molecule has 54 heavy (non-hydrogen) atoms. The zero-order valence-electron chi connectivity index (χ0n) is 33.1. The zero-order chi connectivity index (χ0) is 39.6. The minimum atomic E-state index is -4.69. The average Bonchev–Trinajstić information content (AvgIpc) is 3.80. The topological polar surface area (TPSA) is 87.8 Å². The molecule has 1 aliphatic rings. The number of halogens is 3. The molecule has 1 saturated heterocycles. The van der Waals surface area contributed by atoms with Crippen molar-refractivity contribution < 1.29 is 37.0 Å². The van der Waals surface area contributed by atoms with E-state index in [-0.39, 0.29) is 31.0 Å². The maximum atomic E-state index is 14.0. The molecular weight excluding hydrogens is 730 g/mol. The molecule has 3 heterocycles. The first-order valence-electron chi connectivity index (χ1n) is 18.6. The van der Waals surface area contributed by atoms with Crippen LogP contribution in [-0.4, -0.2) is 78.9 Å². The lowest BCUT2D eigenvalue weighted by atomic mass is 9.98. The largest absolute Gasteiger partial charge is 0.444 e. The molecule has 0 radical (unpaired) electrons. The van der Waals surface area contributed by atoms with E-state index in [0.29, 0.717) is 43.3 Å². The summed E-state index contributed by atoms with van der Waals surface area (Å²) in [4.78, 5) is 33.5. The van der Waals surface area contributed by atoms with E-state index < -0.39 is 44.8 Å². The van der Waals surface area contributed by atoms with Gasteiger partial charge >= 0.3 is 12.3 Å². The molecule has 1 atom stereocenters. The first-order chi connectivity index (χ1) is 25.1. The lowest BCUT2D eigenvalue weighted by molar-refractivity contribution is -0.137. The van der Waals surface area contributed by atoms with Gasteiger partial charge in [-0.1, -0.05) is 63.5 Å². The Morgan fingerprint density at radius 1 is 0.889 bits per heavy atom. The molecule has 2 aromatic heterocycles. The summed E-state index contributed by atoms with van der Waals surface area (Å²) in [5.41, 5.74) is 1.20. The summed E-state index contributed by atoms with van der Waals surface area (Å²) in [7, 11) is -2.81. The number of nitrogens with zero attached hydrogens (tertiary/aromatic N) is 4. The number of amides is 1. The highest BCUT2D eigenvalue weighted by Crippen LogP contribution is 2.36. The number of imidazole rings is 1. The number of hydrogen-bond acceptors (Lipinski definition) is 6. The fourth-order valence-corrected chi connectivity index (χ4v) is 7.85. The van der Waals surface area contributed by atoms with E-state index in [4.69, 9.17) is 19.2 Å². The number of ether oxygens (including phenoxy) is 3. The van der Waals surface area contributed by atoms with Crippen LogP contribution in [0.1, 0.15) is 60.2 Å². The van der Waals surface area contributed by atoms with Crippen LogP contribution in [0.3, 0.4) is 0 Å². The van der Waals surface area contributed by atoms with Crippen molar-refractivity contribution in [2.24, 2.45) is 0 Å². The minimum absolute atomic E-state index is 0.0848. The number of ketones is 1. The summed E-state index contributed by atoms with van der Waals surface area (Å²) in [5, 5.41) is 0. The Morgan fingerprint density at radius 3 is 2.17 bits per heavy atom. The van der Waals surface area contributed by atoms with Crippen LogP contribution >= 0.6 is 0 Å². The first kappa shape index (κ1) is 41.4. The summed E-state index contributed by atoms with van der Waals surface area (Å²) < 4.78 is 63.8. The maximum Gasteiger partial charge on any atom is 0.417 e. The second-order valence-corrected chi connectivity index (χ2v) is 28.9. The predicted molar refractivity (Wildman–Crippen MR) is 211 cm³/mol. The Kier molecular flexibility index (Phi) is 12.4. The van der Waals surface area contributed by atoms with Crippen LogP contribution in [-0.2, 0) is 33.8 Å². The third kappa shape index (κ3) is 10.7. The SMILES string of the molecule is CC(C)(C)OC(=O)N1CCC(c2ccc3nc(-c4cc(C(=O)c5ccccc5C(F)(F)F)cn4COCC[Si](C)(C)C)n(COCC[Si](C)(C)C)c3c2)C1. The van der Waals surface area contributed by atoms with Crippen molar-refractivity contribution in [1.29, 1.82) is 0 Å². The smallest absolute Gasteiger partial charge is 0.417 e. The molecule has 0 aliphatic carbocycles. The second kappa shape index (κ2) is 16.2. The van der Waals surface area contributed by atoms with Crippen molar-refractivity contribution in [2.75, 3.05) is 26.3 Å². The van der Waals surface area contributed by atoms with E-state index in [1.165, 1.54) is 18.2 Å². The molecule has 4 aromatic rings. The van der Waals surface area contributed by atoms with Crippen LogP contribution in [0, 0.1) is 0 Å². The molecule has 14 heteroatoms. The molecule has 2 aromatic carbocycles. The zero-order valence-corrected chi connectivity index (χ0v) is 35.1. The fourth-order valence-electron chi connectivity index (χ4n) is 6.33. The third-order valence-electron chi connectivity index (χ3n) is 9.39. The van der Waals surface area contributed by atoms with Crippen molar-refractivity contribution in [3.05, 3.63) is 77.0 Å². The molecule has 1 unspecified atom stereocenters. The molecule has 9 nitrogen and oxygen atoms in total. The van der Waals surface area contributed by atoms with Crippen LogP contribution < -0.4 is 0 Å². The number of benzene rings is 2. The lowest BCUT2D eigenvalue weighted by Crippen LogP contribution is -2.35. The molecular formula is C40H55F3N4O5Si2. The molecule has 0 saturated carbocycles. The molecule has 1 amide bonds. The van der Waals surface area contributed by atoms with Crippen molar-refractivity contribution in [2.45, 2.75) is 110 Å². The standard InChI is InChI=1S/C40H55F3N4O5Si2/c1-39(2,3)52-38(49)45-17-16-29(24-45)28-14-15-33-34(22-28)47(27-51-19-21-54(7,8)9)37(44-33)35-23-30(25-46(35)26-50-18-20-53(4,5)6)36(48)31-12-10-11-13-32(31)40(41,42)43/h10-15,22-23,25,29H,16-21,24,26-27H2,1-9H3. The Labute approximate surface area is 318 Å². The molecule has 0 N–H and O–H groups in total. The summed E-state index contributed by atoms with van der Waals surface area (Å²) in [5.74, 6) is -0.144. The van der Waals surface area contributed by atoms with Gasteiger partial charge in [-0.25, -0.2) is 9.78 Å². The maximum absolute atomic E-state index is 14.0. The summed E-state index contributed by atoms with van der Waals surface area (Å²) >= 11 is 0. The Bertz CT molecular complexity index is 1950. The summed E-state index contributed by atoms with van der Waals surface area (Å²) in [6, 6.07) is 14.4. The molecule has 0 bridgehead atoms. The molecule has 294 valence electrons. The normalized spacial score (nSPS) is 15.7. The number of likely N-dealkylation sites (tertiary alicyclic amines) is 1. The number of hydrogen-bond donors (Lipinski definition) is 0. The molecule has 0 spiro atoms. The summed E-state index contributed by atoms with van der Waals surface area (Å²) in [6.45, 7) is 21.6. The fraction of sp³-hybridized carbons (Fsp3) is 0.525. The van der Waals surface area contributed by atoms with Gasteiger partial charge in [0.25, 0.3) is 0 Å².